The van der Waals surface area contributed by atoms with Gasteiger partial charge in [-0.2, -0.15) is 0 Å². The zero-order valence-corrected chi connectivity index (χ0v) is 21.2. The minimum Gasteiger partial charge on any atom is -0.406 e. The molecule has 0 bridgehead atoms. The third kappa shape index (κ3) is 6.66. The van der Waals surface area contributed by atoms with Gasteiger partial charge in [-0.05, 0) is 53.7 Å². The molecule has 1 heterocycles. The number of hydrogen-bond acceptors (Lipinski definition) is 1. The van der Waals surface area contributed by atoms with Crippen LogP contribution in [0.1, 0.15) is 51.0 Å². The number of hydrogen-bond donors (Lipinski definition) is 0. The molecule has 35 heavy (non-hydrogen) atoms. The van der Waals surface area contributed by atoms with Crippen LogP contribution in [-0.2, 0) is 5.67 Å². The number of halogens is 4. The molecule has 1 fully saturated rings. The van der Waals surface area contributed by atoms with E-state index < -0.39 is 12.0 Å². The predicted octanol–water partition coefficient (Wildman–Crippen LogP) is 9.40. The van der Waals surface area contributed by atoms with Gasteiger partial charge in [0.25, 0.3) is 0 Å². The van der Waals surface area contributed by atoms with Crippen LogP contribution in [0, 0.1) is 5.92 Å². The van der Waals surface area contributed by atoms with E-state index in [2.05, 4.69) is 17.7 Å². The minimum absolute atomic E-state index is 0.213. The van der Waals surface area contributed by atoms with Crippen molar-refractivity contribution in [2.75, 3.05) is 0 Å². The molecule has 0 aromatic heterocycles. The summed E-state index contributed by atoms with van der Waals surface area (Å²) in [4.78, 5) is 0. The van der Waals surface area contributed by atoms with Crippen molar-refractivity contribution < 1.29 is 22.3 Å². The van der Waals surface area contributed by atoms with Crippen molar-refractivity contribution in [1.29, 1.82) is 0 Å². The molecule has 0 N–H and O–H groups in total. The van der Waals surface area contributed by atoms with Gasteiger partial charge in [-0.25, -0.2) is 4.39 Å². The van der Waals surface area contributed by atoms with Crippen molar-refractivity contribution in [3.8, 4) is 16.9 Å². The molecule has 1 aliphatic carbocycles. The Kier molecular flexibility index (Phi) is 8.20. The normalized spacial score (nSPS) is 21.7. The first-order valence-corrected chi connectivity index (χ1v) is 14.8. The van der Waals surface area contributed by atoms with Crippen LogP contribution in [0.4, 0.5) is 17.6 Å². The molecule has 2 aromatic rings. The van der Waals surface area contributed by atoms with E-state index >= 15 is 4.39 Å². The highest BCUT2D eigenvalue weighted by Crippen LogP contribution is 2.44. The maximum absolute atomic E-state index is 16.6. The Morgan fingerprint density at radius 1 is 1.03 bits per heavy atom. The first-order valence-electron chi connectivity index (χ1n) is 12.6. The second kappa shape index (κ2) is 11.1. The minimum atomic E-state index is -4.78. The van der Waals surface area contributed by atoms with Crippen LogP contribution in [0.25, 0.3) is 11.1 Å². The van der Waals surface area contributed by atoms with E-state index in [4.69, 9.17) is 0 Å². The zero-order valence-electron chi connectivity index (χ0n) is 20.2. The average molecular weight is 502 g/mol. The number of benzene rings is 2. The fourth-order valence-corrected chi connectivity index (χ4v) is 8.39. The lowest BCUT2D eigenvalue weighted by atomic mass is 9.79. The molecular formula is C29H33F4OSi. The summed E-state index contributed by atoms with van der Waals surface area (Å²) in [5.74, 6) is 0.0773. The van der Waals surface area contributed by atoms with Crippen molar-refractivity contribution in [2.45, 2.75) is 75.6 Å². The Hall–Kier alpha value is -2.34. The van der Waals surface area contributed by atoms with E-state index in [-0.39, 0.29) is 21.0 Å². The lowest BCUT2D eigenvalue weighted by Gasteiger charge is -2.33. The number of alkyl halides is 4. The van der Waals surface area contributed by atoms with Crippen molar-refractivity contribution in [1.82, 2.24) is 0 Å². The molecule has 1 unspecified atom stereocenters. The summed E-state index contributed by atoms with van der Waals surface area (Å²) in [6, 6.07) is 16.8. The summed E-state index contributed by atoms with van der Waals surface area (Å²) in [5.41, 5.74) is 0.927. The highest BCUT2D eigenvalue weighted by molar-refractivity contribution is 6.59. The predicted molar refractivity (Wildman–Crippen MR) is 136 cm³/mol. The second-order valence-electron chi connectivity index (χ2n) is 9.72. The molecule has 1 nitrogen and oxygen atoms in total. The maximum atomic E-state index is 16.6. The quantitative estimate of drug-likeness (QED) is 0.199. The number of rotatable bonds is 8. The molecular weight excluding hydrogens is 468 g/mol. The Labute approximate surface area is 207 Å². The second-order valence-corrected chi connectivity index (χ2v) is 12.7. The average Bonchev–Trinajstić information content (AvgIpc) is 2.84. The van der Waals surface area contributed by atoms with E-state index in [1.807, 2.05) is 6.08 Å². The molecule has 4 rings (SSSR count). The Bertz CT molecular complexity index is 1050. The van der Waals surface area contributed by atoms with E-state index in [1.165, 1.54) is 55.6 Å². The van der Waals surface area contributed by atoms with Gasteiger partial charge in [0.05, 0.1) is 0 Å². The standard InChI is InChI=1S/C29H33F4OSi/c1-2-3-6-17-35-18-14-22(15-19-35)24-10-8-16-28(30,21-24)27-13-5-4-12-26(27)23-9-7-11-25(20-23)34-29(31,32)33/h4-5,7-13,20-22H,2-3,6,14-19H2,1H3. The summed E-state index contributed by atoms with van der Waals surface area (Å²) in [7, 11) is -0.267. The fourth-order valence-electron chi connectivity index (χ4n) is 5.37. The zero-order chi connectivity index (χ0) is 24.9. The summed E-state index contributed by atoms with van der Waals surface area (Å²) in [6.45, 7) is 2.24. The van der Waals surface area contributed by atoms with Gasteiger partial charge >= 0.3 is 6.36 Å². The molecule has 2 aliphatic rings. The van der Waals surface area contributed by atoms with E-state index in [0.29, 0.717) is 22.6 Å². The number of allylic oxidation sites excluding steroid dienone is 4. The first kappa shape index (κ1) is 25.7. The third-order valence-corrected chi connectivity index (χ3v) is 10.2. The molecule has 1 radical (unpaired) electrons. The van der Waals surface area contributed by atoms with Gasteiger partial charge in [0.15, 0.2) is 5.67 Å². The molecule has 0 amide bonds. The largest absolute Gasteiger partial charge is 0.573 e. The van der Waals surface area contributed by atoms with Gasteiger partial charge in [0.2, 0.25) is 0 Å². The van der Waals surface area contributed by atoms with Crippen LogP contribution in [0.15, 0.2) is 72.3 Å². The Morgan fingerprint density at radius 2 is 1.80 bits per heavy atom. The molecule has 1 aliphatic heterocycles. The van der Waals surface area contributed by atoms with Crippen molar-refractivity contribution >= 4 is 8.80 Å². The lowest BCUT2D eigenvalue weighted by molar-refractivity contribution is -0.274. The fraction of sp³-hybridized carbons (Fsp3) is 0.448. The first-order chi connectivity index (χ1) is 16.8. The molecule has 0 saturated carbocycles. The molecule has 187 valence electrons. The molecule has 2 aromatic carbocycles. The molecule has 1 saturated heterocycles. The topological polar surface area (TPSA) is 9.23 Å². The van der Waals surface area contributed by atoms with Gasteiger partial charge < -0.3 is 4.74 Å². The van der Waals surface area contributed by atoms with Crippen LogP contribution in [0.5, 0.6) is 5.75 Å². The van der Waals surface area contributed by atoms with E-state index in [1.54, 1.807) is 36.4 Å². The monoisotopic (exact) mass is 501 g/mol. The molecule has 1 atom stereocenters. The van der Waals surface area contributed by atoms with Crippen LogP contribution in [0.2, 0.25) is 18.1 Å². The van der Waals surface area contributed by atoms with Gasteiger partial charge in [-0.15, -0.1) is 13.2 Å². The summed E-state index contributed by atoms with van der Waals surface area (Å²) in [5, 5.41) is 0. The maximum Gasteiger partial charge on any atom is 0.573 e. The van der Waals surface area contributed by atoms with Crippen LogP contribution >= 0.6 is 0 Å². The van der Waals surface area contributed by atoms with Gasteiger partial charge in [-0.1, -0.05) is 92.9 Å². The summed E-state index contributed by atoms with van der Waals surface area (Å²) >= 11 is 0. The number of ether oxygens (including phenoxy) is 1. The Morgan fingerprint density at radius 3 is 2.54 bits per heavy atom. The molecule has 6 heteroatoms. The SMILES string of the molecule is CCCCC[Si]1CCC(C2=CC(F)(c3ccccc3-c3cccc(OC(F)(F)F)c3)CC=C2)CC1. The van der Waals surface area contributed by atoms with E-state index in [0.717, 1.165) is 18.4 Å². The summed E-state index contributed by atoms with van der Waals surface area (Å²) in [6.07, 6.45) is 7.40. The van der Waals surface area contributed by atoms with Crippen LogP contribution in [-0.4, -0.2) is 15.2 Å². The molecule has 0 spiro atoms. The van der Waals surface area contributed by atoms with Crippen molar-refractivity contribution in [3.63, 3.8) is 0 Å². The van der Waals surface area contributed by atoms with Gasteiger partial charge in [0.1, 0.15) is 5.75 Å². The van der Waals surface area contributed by atoms with Crippen LogP contribution < -0.4 is 4.74 Å². The Balaban J connectivity index is 1.55. The number of unbranched alkanes of at least 4 members (excludes halogenated alkanes) is 2. The van der Waals surface area contributed by atoms with E-state index in [9.17, 15) is 13.2 Å². The van der Waals surface area contributed by atoms with Gasteiger partial charge in [0, 0.05) is 20.8 Å². The van der Waals surface area contributed by atoms with Crippen molar-refractivity contribution in [2.24, 2.45) is 5.92 Å². The van der Waals surface area contributed by atoms with Crippen molar-refractivity contribution in [3.05, 3.63) is 77.9 Å². The highest BCUT2D eigenvalue weighted by Gasteiger charge is 2.36. The van der Waals surface area contributed by atoms with Gasteiger partial charge in [-0.3, -0.25) is 0 Å². The lowest BCUT2D eigenvalue weighted by Crippen LogP contribution is -2.25. The third-order valence-electron chi connectivity index (χ3n) is 7.17. The van der Waals surface area contributed by atoms with Crippen LogP contribution in [0.3, 0.4) is 0 Å². The highest BCUT2D eigenvalue weighted by atomic mass is 28.3. The smallest absolute Gasteiger partial charge is 0.406 e. The summed E-state index contributed by atoms with van der Waals surface area (Å²) < 4.78 is 58.9.